The molecule has 0 aromatic heterocycles. The second-order valence-corrected chi connectivity index (χ2v) is 6.13. The molecule has 0 saturated heterocycles. The Morgan fingerprint density at radius 1 is 1.21 bits per heavy atom. The minimum atomic E-state index is -0.441. The molecule has 1 aliphatic heterocycles. The Bertz CT molecular complexity index is 907. The number of nitrogens with one attached hydrogen (secondary N) is 1. The lowest BCUT2D eigenvalue weighted by Crippen LogP contribution is -2.41. The van der Waals surface area contributed by atoms with Crippen molar-refractivity contribution < 1.29 is 14.6 Å². The van der Waals surface area contributed by atoms with Crippen molar-refractivity contribution in [3.05, 3.63) is 59.2 Å². The van der Waals surface area contributed by atoms with Crippen molar-refractivity contribution in [2.75, 3.05) is 7.11 Å². The molecule has 2 aliphatic rings. The van der Waals surface area contributed by atoms with Crippen molar-refractivity contribution in [2.45, 2.75) is 6.04 Å². The number of aromatic hydroxyl groups is 1. The van der Waals surface area contributed by atoms with Gasteiger partial charge in [0.1, 0.15) is 0 Å². The number of nitrogens with zero attached hydrogens (tertiary/aromatic N) is 1. The third-order valence-electron chi connectivity index (χ3n) is 4.44. The van der Waals surface area contributed by atoms with Crippen LogP contribution in [0.2, 0.25) is 0 Å². The fourth-order valence-corrected chi connectivity index (χ4v) is 3.57. The summed E-state index contributed by atoms with van der Waals surface area (Å²) in [6.07, 6.45) is 0. The quantitative estimate of drug-likeness (QED) is 0.824. The van der Waals surface area contributed by atoms with Crippen molar-refractivity contribution in [3.63, 3.8) is 0 Å². The van der Waals surface area contributed by atoms with E-state index in [9.17, 15) is 9.90 Å². The smallest absolute Gasteiger partial charge is 0.193 e. The number of phenols is 1. The van der Waals surface area contributed by atoms with Crippen molar-refractivity contribution in [3.8, 4) is 11.5 Å². The van der Waals surface area contributed by atoms with Crippen LogP contribution in [0.1, 0.15) is 27.5 Å². The molecule has 5 nitrogen and oxygen atoms in total. The van der Waals surface area contributed by atoms with E-state index in [1.165, 1.54) is 7.11 Å². The number of thiocarbonyl (C=S) groups is 1. The summed E-state index contributed by atoms with van der Waals surface area (Å²) < 4.78 is 5.18. The number of phenolic OH excluding ortho intramolecular Hbond substituents is 1. The highest BCUT2D eigenvalue weighted by Crippen LogP contribution is 2.40. The van der Waals surface area contributed by atoms with E-state index in [4.69, 9.17) is 17.0 Å². The zero-order chi connectivity index (χ0) is 16.8. The van der Waals surface area contributed by atoms with Crippen LogP contribution in [0.15, 0.2) is 47.5 Å². The lowest BCUT2D eigenvalue weighted by atomic mass is 9.87. The Labute approximate surface area is 144 Å². The fraction of sp³-hybridized carbons (Fsp3) is 0.167. The van der Waals surface area contributed by atoms with E-state index in [1.807, 2.05) is 24.3 Å². The number of hydrogen-bond donors (Lipinski definition) is 2. The lowest BCUT2D eigenvalue weighted by molar-refractivity contribution is 0.0944. The molecule has 2 N–H and O–H groups in total. The number of Topliss-reactive ketones (excluding diaryl/α,β-unsaturated/α-hetero) is 1. The first-order valence-electron chi connectivity index (χ1n) is 7.49. The van der Waals surface area contributed by atoms with E-state index in [-0.39, 0.29) is 17.6 Å². The summed E-state index contributed by atoms with van der Waals surface area (Å²) in [7, 11) is 1.49. The van der Waals surface area contributed by atoms with Crippen molar-refractivity contribution >= 4 is 28.8 Å². The molecule has 24 heavy (non-hydrogen) atoms. The summed E-state index contributed by atoms with van der Waals surface area (Å²) in [4.78, 5) is 17.3. The Balaban J connectivity index is 1.84. The number of methoxy groups -OCH3 is 1. The van der Waals surface area contributed by atoms with Crippen LogP contribution in [0.5, 0.6) is 11.5 Å². The van der Waals surface area contributed by atoms with Crippen LogP contribution in [-0.2, 0) is 0 Å². The third kappa shape index (κ3) is 2.11. The summed E-state index contributed by atoms with van der Waals surface area (Å²) in [5.41, 5.74) is 3.03. The minimum absolute atomic E-state index is 0.0244. The summed E-state index contributed by atoms with van der Waals surface area (Å²) >= 11 is 5.27. The second kappa shape index (κ2) is 5.42. The maximum atomic E-state index is 12.9. The van der Waals surface area contributed by atoms with Gasteiger partial charge in [-0.1, -0.05) is 30.3 Å². The maximum Gasteiger partial charge on any atom is 0.193 e. The Hall–Kier alpha value is -2.73. The molecular formula is C18H14N2O3S. The van der Waals surface area contributed by atoms with Gasteiger partial charge in [0, 0.05) is 11.1 Å². The summed E-state index contributed by atoms with van der Waals surface area (Å²) in [6.45, 7) is 0. The molecule has 1 aliphatic carbocycles. The van der Waals surface area contributed by atoms with Gasteiger partial charge in [-0.25, -0.2) is 4.99 Å². The number of aliphatic imine (C=N–C) groups is 1. The highest BCUT2D eigenvalue weighted by Gasteiger charge is 2.44. The molecule has 2 unspecified atom stereocenters. The fourth-order valence-electron chi connectivity index (χ4n) is 3.34. The van der Waals surface area contributed by atoms with Crippen LogP contribution in [0.25, 0.3) is 0 Å². The molecule has 0 bridgehead atoms. The average molecular weight is 338 g/mol. The van der Waals surface area contributed by atoms with Gasteiger partial charge in [0.25, 0.3) is 0 Å². The van der Waals surface area contributed by atoms with Crippen LogP contribution in [0.3, 0.4) is 0 Å². The van der Waals surface area contributed by atoms with Crippen LogP contribution in [-0.4, -0.2) is 28.8 Å². The minimum Gasteiger partial charge on any atom is -0.504 e. The molecule has 0 saturated carbocycles. The van der Waals surface area contributed by atoms with Crippen LogP contribution >= 0.6 is 12.2 Å². The molecule has 2 atom stereocenters. The Kier molecular flexibility index (Phi) is 3.35. The van der Waals surface area contributed by atoms with Gasteiger partial charge in [0.15, 0.2) is 22.4 Å². The number of rotatable bonds is 2. The SMILES string of the molecule is COc1cc(C2NC(=S)N=C3c4ccccc4C(=O)C32)ccc1O. The van der Waals surface area contributed by atoms with Crippen molar-refractivity contribution in [1.82, 2.24) is 5.32 Å². The number of hydrogen-bond acceptors (Lipinski definition) is 4. The number of carbonyl (C=O) groups excluding carboxylic acids is 1. The zero-order valence-corrected chi connectivity index (χ0v) is 13.6. The van der Waals surface area contributed by atoms with E-state index < -0.39 is 5.92 Å². The predicted octanol–water partition coefficient (Wildman–Crippen LogP) is 2.63. The average Bonchev–Trinajstić information content (AvgIpc) is 2.88. The molecule has 0 radical (unpaired) electrons. The van der Waals surface area contributed by atoms with E-state index in [2.05, 4.69) is 10.3 Å². The molecule has 2 aromatic rings. The maximum absolute atomic E-state index is 12.9. The van der Waals surface area contributed by atoms with Gasteiger partial charge in [-0.15, -0.1) is 0 Å². The molecule has 120 valence electrons. The standard InChI is InChI=1S/C18H14N2O3S/c1-23-13-8-9(6-7-12(13)21)15-14-16(20-18(24)19-15)10-4-2-3-5-11(10)17(14)22/h2-8,14-15,21H,1H3,(H,19,24). The Morgan fingerprint density at radius 3 is 2.71 bits per heavy atom. The van der Waals surface area contributed by atoms with E-state index >= 15 is 0 Å². The van der Waals surface area contributed by atoms with Gasteiger partial charge < -0.3 is 15.2 Å². The van der Waals surface area contributed by atoms with Gasteiger partial charge >= 0.3 is 0 Å². The Morgan fingerprint density at radius 2 is 1.96 bits per heavy atom. The lowest BCUT2D eigenvalue weighted by Gasteiger charge is -2.29. The molecule has 1 heterocycles. The van der Waals surface area contributed by atoms with Gasteiger partial charge in [0.2, 0.25) is 0 Å². The van der Waals surface area contributed by atoms with Crippen LogP contribution in [0.4, 0.5) is 0 Å². The summed E-state index contributed by atoms with van der Waals surface area (Å²) in [5.74, 6) is -0.0125. The normalized spacial score (nSPS) is 21.6. The van der Waals surface area contributed by atoms with Crippen molar-refractivity contribution in [2.24, 2.45) is 10.9 Å². The zero-order valence-electron chi connectivity index (χ0n) is 12.8. The highest BCUT2D eigenvalue weighted by molar-refractivity contribution is 7.80. The number of benzene rings is 2. The third-order valence-corrected chi connectivity index (χ3v) is 4.65. The first-order chi connectivity index (χ1) is 11.6. The van der Waals surface area contributed by atoms with Gasteiger partial charge in [0.05, 0.1) is 24.8 Å². The molecule has 0 spiro atoms. The molecule has 4 rings (SSSR count). The monoisotopic (exact) mass is 338 g/mol. The largest absolute Gasteiger partial charge is 0.504 e. The van der Waals surface area contributed by atoms with Gasteiger partial charge in [-0.05, 0) is 29.9 Å². The number of carbonyl (C=O) groups is 1. The van der Waals surface area contributed by atoms with E-state index in [0.29, 0.717) is 22.1 Å². The summed E-state index contributed by atoms with van der Waals surface area (Å²) in [6, 6.07) is 12.1. The van der Waals surface area contributed by atoms with Gasteiger partial charge in [-0.3, -0.25) is 4.79 Å². The molecule has 2 aromatic carbocycles. The first-order valence-corrected chi connectivity index (χ1v) is 7.90. The number of ether oxygens (including phenoxy) is 1. The van der Waals surface area contributed by atoms with Crippen LogP contribution in [0, 0.1) is 5.92 Å². The summed E-state index contributed by atoms with van der Waals surface area (Å²) in [5, 5.41) is 13.3. The molecular weight excluding hydrogens is 324 g/mol. The van der Waals surface area contributed by atoms with E-state index in [1.54, 1.807) is 18.2 Å². The van der Waals surface area contributed by atoms with Crippen molar-refractivity contribution in [1.29, 1.82) is 0 Å². The molecule has 0 amide bonds. The highest BCUT2D eigenvalue weighted by atomic mass is 32.1. The number of fused-ring (bicyclic) bond motifs is 3. The molecule has 6 heteroatoms. The predicted molar refractivity (Wildman–Crippen MR) is 93.9 cm³/mol. The second-order valence-electron chi connectivity index (χ2n) is 5.74. The topological polar surface area (TPSA) is 70.9 Å². The first kappa shape index (κ1) is 14.8. The molecule has 0 fully saturated rings. The van der Waals surface area contributed by atoms with E-state index in [0.717, 1.165) is 11.1 Å². The van der Waals surface area contributed by atoms with Crippen LogP contribution < -0.4 is 10.1 Å². The van der Waals surface area contributed by atoms with Gasteiger partial charge in [-0.2, -0.15) is 0 Å². The number of ketones is 1.